The third kappa shape index (κ3) is 2.95. The second-order valence-corrected chi connectivity index (χ2v) is 5.80. The summed E-state index contributed by atoms with van der Waals surface area (Å²) in [4.78, 5) is 10.3. The highest BCUT2D eigenvalue weighted by molar-refractivity contribution is 7.89. The Morgan fingerprint density at radius 3 is 2.43 bits per heavy atom. The van der Waals surface area contributed by atoms with Crippen LogP contribution in [0.2, 0.25) is 0 Å². The van der Waals surface area contributed by atoms with E-state index in [2.05, 4.69) is 0 Å². The molecule has 0 heterocycles. The summed E-state index contributed by atoms with van der Waals surface area (Å²) in [7, 11) is -2.16. The van der Waals surface area contributed by atoms with E-state index >= 15 is 0 Å². The lowest BCUT2D eigenvalue weighted by molar-refractivity contribution is -0.134. The summed E-state index contributed by atoms with van der Waals surface area (Å²) in [6.45, 7) is 0.454. The molecule has 0 bridgehead atoms. The molecule has 1 rings (SSSR count). The van der Waals surface area contributed by atoms with Crippen molar-refractivity contribution >= 4 is 16.0 Å². The van der Waals surface area contributed by atoms with Gasteiger partial charge < -0.3 is 5.11 Å². The van der Waals surface area contributed by atoms with Crippen molar-refractivity contribution in [3.63, 3.8) is 0 Å². The topological polar surface area (TPSA) is 74.7 Å². The summed E-state index contributed by atoms with van der Waals surface area (Å²) < 4.78 is 23.9. The fraction of sp³-hybridized carbons (Fsp3) is 0.875. The first kappa shape index (κ1) is 11.5. The molecule has 0 saturated heterocycles. The molecule has 1 aliphatic rings. The number of carboxylic acids is 1. The number of nitrogens with zero attached hydrogens (tertiary/aromatic N) is 1. The van der Waals surface area contributed by atoms with Crippen molar-refractivity contribution < 1.29 is 18.3 Å². The molecule has 82 valence electrons. The molecule has 0 aromatic rings. The first-order valence-corrected chi connectivity index (χ1v) is 6.18. The molecule has 0 aromatic heterocycles. The van der Waals surface area contributed by atoms with Crippen LogP contribution < -0.4 is 0 Å². The number of hydrogen-bond acceptors (Lipinski definition) is 3. The van der Waals surface area contributed by atoms with Crippen molar-refractivity contribution in [2.75, 3.05) is 19.3 Å². The predicted octanol–water partition coefficient (Wildman–Crippen LogP) is 0.133. The molecule has 1 aliphatic carbocycles. The van der Waals surface area contributed by atoms with Gasteiger partial charge in [0, 0.05) is 13.6 Å². The van der Waals surface area contributed by atoms with Crippen LogP contribution in [0.25, 0.3) is 0 Å². The van der Waals surface area contributed by atoms with Crippen LogP contribution >= 0.6 is 0 Å². The van der Waals surface area contributed by atoms with Crippen LogP contribution in [0.4, 0.5) is 0 Å². The monoisotopic (exact) mass is 221 g/mol. The minimum atomic E-state index is -3.60. The zero-order chi connectivity index (χ0) is 10.8. The van der Waals surface area contributed by atoms with E-state index in [0.717, 1.165) is 23.6 Å². The maximum absolute atomic E-state index is 11.4. The van der Waals surface area contributed by atoms with Crippen molar-refractivity contribution in [3.8, 4) is 0 Å². The number of hydrogen-bond donors (Lipinski definition) is 1. The second-order valence-electron chi connectivity index (χ2n) is 3.73. The molecule has 1 N–H and O–H groups in total. The minimum Gasteiger partial charge on any atom is -0.480 e. The highest BCUT2D eigenvalue weighted by atomic mass is 32.2. The van der Waals surface area contributed by atoms with E-state index in [1.165, 1.54) is 7.05 Å². The van der Waals surface area contributed by atoms with Gasteiger partial charge in [-0.2, -0.15) is 0 Å². The fourth-order valence-corrected chi connectivity index (χ4v) is 2.39. The highest BCUT2D eigenvalue weighted by Crippen LogP contribution is 2.27. The number of carboxylic acid groups (broad SMARTS) is 1. The Kier molecular flexibility index (Phi) is 3.49. The van der Waals surface area contributed by atoms with Gasteiger partial charge in [-0.05, 0) is 18.8 Å². The molecule has 0 unspecified atom stereocenters. The van der Waals surface area contributed by atoms with Crippen molar-refractivity contribution in [1.82, 2.24) is 4.31 Å². The zero-order valence-electron chi connectivity index (χ0n) is 8.14. The molecule has 0 spiro atoms. The van der Waals surface area contributed by atoms with E-state index in [1.54, 1.807) is 0 Å². The van der Waals surface area contributed by atoms with Crippen molar-refractivity contribution in [2.45, 2.75) is 19.3 Å². The van der Waals surface area contributed by atoms with Crippen LogP contribution in [-0.2, 0) is 14.8 Å². The molecule has 0 amide bonds. The predicted molar refractivity (Wildman–Crippen MR) is 51.4 cm³/mol. The normalized spacial score (nSPS) is 18.1. The third-order valence-electron chi connectivity index (χ3n) is 2.52. The van der Waals surface area contributed by atoms with Crippen LogP contribution in [0.5, 0.6) is 0 Å². The van der Waals surface area contributed by atoms with Gasteiger partial charge in [-0.25, -0.2) is 12.7 Å². The average molecular weight is 221 g/mol. The number of sulfonamides is 1. The van der Waals surface area contributed by atoms with Gasteiger partial charge in [-0.1, -0.05) is 6.42 Å². The summed E-state index contributed by atoms with van der Waals surface area (Å²) in [5.41, 5.74) is 0. The van der Waals surface area contributed by atoms with Gasteiger partial charge in [0.05, 0.1) is 0 Å². The van der Waals surface area contributed by atoms with Crippen LogP contribution in [0, 0.1) is 5.92 Å². The Morgan fingerprint density at radius 1 is 1.50 bits per heavy atom. The van der Waals surface area contributed by atoms with Gasteiger partial charge >= 0.3 is 5.97 Å². The molecular weight excluding hydrogens is 206 g/mol. The van der Waals surface area contributed by atoms with Crippen LogP contribution in [0.3, 0.4) is 0 Å². The molecule has 0 aromatic carbocycles. The molecule has 1 fully saturated rings. The molecule has 0 aliphatic heterocycles. The molecule has 14 heavy (non-hydrogen) atoms. The average Bonchev–Trinajstić information content (AvgIpc) is 1.93. The van der Waals surface area contributed by atoms with Crippen LogP contribution in [-0.4, -0.2) is 43.1 Å². The summed E-state index contributed by atoms with van der Waals surface area (Å²) in [5.74, 6) is -1.69. The van der Waals surface area contributed by atoms with E-state index in [4.69, 9.17) is 5.11 Å². The molecule has 5 nitrogen and oxygen atoms in total. The molecule has 0 radical (unpaired) electrons. The maximum atomic E-state index is 11.4. The van der Waals surface area contributed by atoms with Gasteiger partial charge in [0.1, 0.15) is 0 Å². The Balaban J connectivity index is 2.48. The number of aliphatic carboxylic acids is 1. The van der Waals surface area contributed by atoms with Crippen molar-refractivity contribution in [2.24, 2.45) is 5.92 Å². The SMILES string of the molecule is CN(CC1CCC1)S(=O)(=O)CC(=O)O. The van der Waals surface area contributed by atoms with E-state index in [1.807, 2.05) is 0 Å². The molecule has 1 saturated carbocycles. The summed E-state index contributed by atoms with van der Waals surface area (Å²) in [5, 5.41) is 8.40. The number of rotatable bonds is 5. The van der Waals surface area contributed by atoms with Crippen molar-refractivity contribution in [3.05, 3.63) is 0 Å². The summed E-state index contributed by atoms with van der Waals surface area (Å²) >= 11 is 0. The highest BCUT2D eigenvalue weighted by Gasteiger charge is 2.26. The Labute approximate surface area is 83.8 Å². The lowest BCUT2D eigenvalue weighted by Crippen LogP contribution is -2.37. The number of carbonyl (C=O) groups is 1. The second kappa shape index (κ2) is 4.27. The van der Waals surface area contributed by atoms with Crippen molar-refractivity contribution in [1.29, 1.82) is 0 Å². The van der Waals surface area contributed by atoms with Gasteiger partial charge in [-0.3, -0.25) is 4.79 Å². The minimum absolute atomic E-state index is 0.420. The quantitative estimate of drug-likeness (QED) is 0.716. The van der Waals surface area contributed by atoms with E-state index < -0.39 is 21.7 Å². The van der Waals surface area contributed by atoms with Gasteiger partial charge in [0.15, 0.2) is 5.75 Å². The standard InChI is InChI=1S/C8H15NO4S/c1-9(5-7-3-2-4-7)14(12,13)6-8(10)11/h7H,2-6H2,1H3,(H,10,11). The molecule has 0 atom stereocenters. The smallest absolute Gasteiger partial charge is 0.320 e. The van der Waals surface area contributed by atoms with Gasteiger partial charge in [-0.15, -0.1) is 0 Å². The fourth-order valence-electron chi connectivity index (χ4n) is 1.42. The Bertz CT molecular complexity index is 307. The van der Waals surface area contributed by atoms with Crippen LogP contribution in [0.1, 0.15) is 19.3 Å². The lowest BCUT2D eigenvalue weighted by Gasteiger charge is -2.29. The molecular formula is C8H15NO4S. The van der Waals surface area contributed by atoms with E-state index in [0.29, 0.717) is 12.5 Å². The largest absolute Gasteiger partial charge is 0.480 e. The lowest BCUT2D eigenvalue weighted by atomic mass is 9.86. The first-order chi connectivity index (χ1) is 6.42. The summed E-state index contributed by atoms with van der Waals surface area (Å²) in [6.07, 6.45) is 3.25. The Hall–Kier alpha value is -0.620. The zero-order valence-corrected chi connectivity index (χ0v) is 8.96. The van der Waals surface area contributed by atoms with E-state index in [9.17, 15) is 13.2 Å². The van der Waals surface area contributed by atoms with E-state index in [-0.39, 0.29) is 0 Å². The first-order valence-electron chi connectivity index (χ1n) is 4.57. The van der Waals surface area contributed by atoms with Gasteiger partial charge in [0.25, 0.3) is 0 Å². The summed E-state index contributed by atoms with van der Waals surface area (Å²) in [6, 6.07) is 0. The Morgan fingerprint density at radius 2 is 2.07 bits per heavy atom. The van der Waals surface area contributed by atoms with Crippen LogP contribution in [0.15, 0.2) is 0 Å². The van der Waals surface area contributed by atoms with Gasteiger partial charge in [0.2, 0.25) is 10.0 Å². The maximum Gasteiger partial charge on any atom is 0.320 e. The third-order valence-corrected chi connectivity index (χ3v) is 4.23. The molecule has 6 heteroatoms.